The molecule has 1 aliphatic rings. The van der Waals surface area contributed by atoms with E-state index in [4.69, 9.17) is 10.5 Å². The van der Waals surface area contributed by atoms with Gasteiger partial charge in [-0.25, -0.2) is 4.79 Å². The van der Waals surface area contributed by atoms with Crippen LogP contribution >= 0.6 is 0 Å². The highest BCUT2D eigenvalue weighted by molar-refractivity contribution is 6.01. The van der Waals surface area contributed by atoms with Gasteiger partial charge in [-0.1, -0.05) is 11.6 Å². The number of carbonyl (C=O) groups excluding carboxylic acids is 2. The number of amides is 1. The molecule has 0 heterocycles. The molecule has 108 valence electrons. The number of carbonyl (C=O) groups is 2. The van der Waals surface area contributed by atoms with Crippen LogP contribution in [0.25, 0.3) is 0 Å². The van der Waals surface area contributed by atoms with E-state index in [2.05, 4.69) is 5.32 Å². The van der Waals surface area contributed by atoms with E-state index < -0.39 is 5.97 Å². The summed E-state index contributed by atoms with van der Waals surface area (Å²) in [5, 5.41) is 2.76. The zero-order valence-corrected chi connectivity index (χ0v) is 11.9. The van der Waals surface area contributed by atoms with Gasteiger partial charge in [0, 0.05) is 12.0 Å². The van der Waals surface area contributed by atoms with Crippen LogP contribution in [0.5, 0.6) is 0 Å². The van der Waals surface area contributed by atoms with E-state index in [0.717, 1.165) is 24.8 Å². The van der Waals surface area contributed by atoms with Gasteiger partial charge in [-0.05, 0) is 38.3 Å². The first-order valence-corrected chi connectivity index (χ1v) is 6.71. The molecule has 3 N–H and O–H groups in total. The molecule has 2 rings (SSSR count). The van der Waals surface area contributed by atoms with Gasteiger partial charge in [0.1, 0.15) is 0 Å². The van der Waals surface area contributed by atoms with Gasteiger partial charge in [0.2, 0.25) is 5.91 Å². The lowest BCUT2D eigenvalue weighted by atomic mass is 9.75. The zero-order chi connectivity index (χ0) is 14.8. The normalized spacial score (nSPS) is 16.1. The molecule has 0 spiro atoms. The summed E-state index contributed by atoms with van der Waals surface area (Å²) in [5.74, 6) is -0.628. The van der Waals surface area contributed by atoms with Crippen molar-refractivity contribution >= 4 is 17.6 Å². The maximum absolute atomic E-state index is 12.0. The van der Waals surface area contributed by atoms with Crippen molar-refractivity contribution < 1.29 is 14.3 Å². The molecule has 0 bridgehead atoms. The first kappa shape index (κ1) is 14.5. The zero-order valence-electron chi connectivity index (χ0n) is 11.9. The van der Waals surface area contributed by atoms with Crippen molar-refractivity contribution in [2.24, 2.45) is 5.73 Å². The molecule has 1 aromatic rings. The Balaban J connectivity index is 2.12. The summed E-state index contributed by atoms with van der Waals surface area (Å²) in [6.07, 6.45) is 3.10. The first-order chi connectivity index (χ1) is 9.43. The van der Waals surface area contributed by atoms with Gasteiger partial charge >= 0.3 is 5.97 Å². The van der Waals surface area contributed by atoms with Gasteiger partial charge in [0.25, 0.3) is 0 Å². The van der Waals surface area contributed by atoms with Crippen molar-refractivity contribution in [2.75, 3.05) is 12.4 Å². The maximum atomic E-state index is 12.0. The molecule has 20 heavy (non-hydrogen) atoms. The molecule has 0 aliphatic heterocycles. The summed E-state index contributed by atoms with van der Waals surface area (Å²) in [4.78, 5) is 23.7. The van der Waals surface area contributed by atoms with Gasteiger partial charge < -0.3 is 15.8 Å². The van der Waals surface area contributed by atoms with E-state index in [1.807, 2.05) is 13.0 Å². The SMILES string of the molecule is COC(=O)c1cc(C)ccc1NC(=O)CC1(N)CCC1. The molecule has 0 aromatic heterocycles. The molecule has 0 saturated heterocycles. The standard InChI is InChI=1S/C15H20N2O3/c1-10-4-5-12(11(8-10)14(19)20-2)17-13(18)9-15(16)6-3-7-15/h4-5,8H,3,6-7,9,16H2,1-2H3,(H,17,18). The van der Waals surface area contributed by atoms with Crippen molar-refractivity contribution in [3.8, 4) is 0 Å². The first-order valence-electron chi connectivity index (χ1n) is 6.71. The Morgan fingerprint density at radius 2 is 2.10 bits per heavy atom. The summed E-state index contributed by atoms with van der Waals surface area (Å²) < 4.78 is 4.73. The molecule has 1 fully saturated rings. The number of aryl methyl sites for hydroxylation is 1. The molecule has 5 nitrogen and oxygen atoms in total. The van der Waals surface area contributed by atoms with Crippen molar-refractivity contribution in [1.29, 1.82) is 0 Å². The van der Waals surface area contributed by atoms with Crippen LogP contribution in [-0.4, -0.2) is 24.5 Å². The van der Waals surface area contributed by atoms with Crippen LogP contribution in [0.15, 0.2) is 18.2 Å². The summed E-state index contributed by atoms with van der Waals surface area (Å²) in [7, 11) is 1.32. The van der Waals surface area contributed by atoms with Gasteiger partial charge in [0.05, 0.1) is 18.4 Å². The predicted molar refractivity (Wildman–Crippen MR) is 76.5 cm³/mol. The fourth-order valence-electron chi connectivity index (χ4n) is 2.37. The Bertz CT molecular complexity index is 536. The molecule has 1 aromatic carbocycles. The fourth-order valence-corrected chi connectivity index (χ4v) is 2.37. The minimum Gasteiger partial charge on any atom is -0.465 e. The van der Waals surface area contributed by atoms with Crippen molar-refractivity contribution in [2.45, 2.75) is 38.1 Å². The lowest BCUT2D eigenvalue weighted by Gasteiger charge is -2.37. The van der Waals surface area contributed by atoms with E-state index in [0.29, 0.717) is 11.3 Å². The third-order valence-electron chi connectivity index (χ3n) is 3.72. The summed E-state index contributed by atoms with van der Waals surface area (Å²) >= 11 is 0. The molecule has 1 aliphatic carbocycles. The molecular formula is C15H20N2O3. The largest absolute Gasteiger partial charge is 0.465 e. The number of methoxy groups -OCH3 is 1. The summed E-state index contributed by atoms with van der Waals surface area (Å²) in [5.41, 5.74) is 7.44. The second kappa shape index (κ2) is 5.63. The topological polar surface area (TPSA) is 81.4 Å². The average molecular weight is 276 g/mol. The molecule has 0 atom stereocenters. The second-order valence-corrected chi connectivity index (χ2v) is 5.48. The average Bonchev–Trinajstić information content (AvgIpc) is 2.38. The Kier molecular flexibility index (Phi) is 4.09. The Morgan fingerprint density at radius 1 is 1.40 bits per heavy atom. The van der Waals surface area contributed by atoms with Gasteiger partial charge in [-0.3, -0.25) is 4.79 Å². The van der Waals surface area contributed by atoms with E-state index in [1.165, 1.54) is 7.11 Å². The van der Waals surface area contributed by atoms with E-state index in [1.54, 1.807) is 12.1 Å². The Hall–Kier alpha value is -1.88. The van der Waals surface area contributed by atoms with Crippen LogP contribution in [-0.2, 0) is 9.53 Å². The number of esters is 1. The highest BCUT2D eigenvalue weighted by Gasteiger charge is 2.34. The number of benzene rings is 1. The molecular weight excluding hydrogens is 256 g/mol. The molecule has 1 amide bonds. The minimum atomic E-state index is -0.463. The van der Waals surface area contributed by atoms with Crippen LogP contribution in [0, 0.1) is 6.92 Å². The third-order valence-corrected chi connectivity index (χ3v) is 3.72. The highest BCUT2D eigenvalue weighted by atomic mass is 16.5. The number of rotatable bonds is 4. The van der Waals surface area contributed by atoms with Crippen molar-refractivity contribution in [3.63, 3.8) is 0 Å². The number of ether oxygens (including phenoxy) is 1. The van der Waals surface area contributed by atoms with Crippen molar-refractivity contribution in [1.82, 2.24) is 0 Å². The molecule has 0 unspecified atom stereocenters. The van der Waals surface area contributed by atoms with E-state index >= 15 is 0 Å². The van der Waals surface area contributed by atoms with E-state index in [-0.39, 0.29) is 17.9 Å². The third kappa shape index (κ3) is 3.17. The van der Waals surface area contributed by atoms with Crippen LogP contribution in [0.4, 0.5) is 5.69 Å². The Labute approximate surface area is 118 Å². The summed E-state index contributed by atoms with van der Waals surface area (Å²) in [6.45, 7) is 1.88. The number of hydrogen-bond acceptors (Lipinski definition) is 4. The molecule has 1 saturated carbocycles. The maximum Gasteiger partial charge on any atom is 0.339 e. The van der Waals surface area contributed by atoms with Gasteiger partial charge in [-0.2, -0.15) is 0 Å². The predicted octanol–water partition coefficient (Wildman–Crippen LogP) is 1.99. The number of nitrogens with one attached hydrogen (secondary N) is 1. The lowest BCUT2D eigenvalue weighted by molar-refractivity contribution is -0.118. The van der Waals surface area contributed by atoms with Crippen LogP contribution < -0.4 is 11.1 Å². The van der Waals surface area contributed by atoms with Gasteiger partial charge in [0.15, 0.2) is 0 Å². The van der Waals surface area contributed by atoms with Crippen LogP contribution in [0.3, 0.4) is 0 Å². The number of anilines is 1. The van der Waals surface area contributed by atoms with E-state index in [9.17, 15) is 9.59 Å². The smallest absolute Gasteiger partial charge is 0.339 e. The fraction of sp³-hybridized carbons (Fsp3) is 0.467. The highest BCUT2D eigenvalue weighted by Crippen LogP contribution is 2.32. The van der Waals surface area contributed by atoms with Crippen molar-refractivity contribution in [3.05, 3.63) is 29.3 Å². The summed E-state index contributed by atoms with van der Waals surface area (Å²) in [6, 6.07) is 5.25. The monoisotopic (exact) mass is 276 g/mol. The van der Waals surface area contributed by atoms with Crippen LogP contribution in [0.2, 0.25) is 0 Å². The Morgan fingerprint density at radius 3 is 2.65 bits per heavy atom. The molecule has 5 heteroatoms. The molecule has 0 radical (unpaired) electrons. The lowest BCUT2D eigenvalue weighted by Crippen LogP contribution is -2.49. The second-order valence-electron chi connectivity index (χ2n) is 5.48. The number of nitrogens with two attached hydrogens (primary N) is 1. The van der Waals surface area contributed by atoms with Gasteiger partial charge in [-0.15, -0.1) is 0 Å². The quantitative estimate of drug-likeness (QED) is 0.824. The number of hydrogen-bond donors (Lipinski definition) is 2. The van der Waals surface area contributed by atoms with Crippen LogP contribution in [0.1, 0.15) is 41.6 Å². The minimum absolute atomic E-state index is 0.166.